The first-order valence-electron chi connectivity index (χ1n) is 8.41. The van der Waals surface area contributed by atoms with E-state index in [4.69, 9.17) is 0 Å². The molecule has 4 rings (SSSR count). The molecule has 2 aromatic heterocycles. The van der Waals surface area contributed by atoms with Gasteiger partial charge < -0.3 is 9.88 Å². The average molecular weight is 337 g/mol. The van der Waals surface area contributed by atoms with Crippen LogP contribution in [0.25, 0.3) is 10.9 Å². The minimum Gasteiger partial charge on any atom is -0.334 e. The number of aryl methyl sites for hydroxylation is 1. The first-order chi connectivity index (χ1) is 12.1. The molecular formula is C18H19N5O2. The van der Waals surface area contributed by atoms with Crippen LogP contribution in [0.15, 0.2) is 41.5 Å². The number of hydrogen-bond acceptors (Lipinski definition) is 4. The summed E-state index contributed by atoms with van der Waals surface area (Å²) >= 11 is 0. The highest BCUT2D eigenvalue weighted by Crippen LogP contribution is 2.22. The van der Waals surface area contributed by atoms with Gasteiger partial charge in [0.05, 0.1) is 23.1 Å². The molecule has 1 aromatic carbocycles. The molecule has 1 aliphatic rings. The molecule has 1 unspecified atom stereocenters. The third-order valence-corrected chi connectivity index (χ3v) is 4.60. The SMILES string of the molecule is Cc1cnn(C2CCCN(C(=O)c3nc4ccccc4c(=O)[nH]3)C2)c1. The number of rotatable bonds is 2. The predicted octanol–water partition coefficient (Wildman–Crippen LogP) is 1.91. The number of aromatic nitrogens is 4. The summed E-state index contributed by atoms with van der Waals surface area (Å²) in [6.07, 6.45) is 5.69. The number of benzene rings is 1. The summed E-state index contributed by atoms with van der Waals surface area (Å²) in [5.74, 6) is -0.141. The van der Waals surface area contributed by atoms with Gasteiger partial charge in [-0.1, -0.05) is 12.1 Å². The molecule has 1 N–H and O–H groups in total. The Morgan fingerprint density at radius 2 is 2.16 bits per heavy atom. The molecule has 0 spiro atoms. The third kappa shape index (κ3) is 2.93. The number of nitrogens with zero attached hydrogens (tertiary/aromatic N) is 4. The average Bonchev–Trinajstić information content (AvgIpc) is 3.08. The van der Waals surface area contributed by atoms with Gasteiger partial charge in [-0.3, -0.25) is 14.3 Å². The summed E-state index contributed by atoms with van der Waals surface area (Å²) in [6.45, 7) is 3.22. The zero-order chi connectivity index (χ0) is 17.4. The predicted molar refractivity (Wildman–Crippen MR) is 93.5 cm³/mol. The number of carbonyl (C=O) groups excluding carboxylic acids is 1. The number of para-hydroxylation sites is 1. The molecule has 3 aromatic rings. The Kier molecular flexibility index (Phi) is 3.83. The summed E-state index contributed by atoms with van der Waals surface area (Å²) in [7, 11) is 0. The third-order valence-electron chi connectivity index (χ3n) is 4.60. The molecule has 1 fully saturated rings. The lowest BCUT2D eigenvalue weighted by Crippen LogP contribution is -2.42. The number of fused-ring (bicyclic) bond motifs is 1. The van der Waals surface area contributed by atoms with Crippen molar-refractivity contribution >= 4 is 16.8 Å². The Labute approximate surface area is 144 Å². The van der Waals surface area contributed by atoms with Crippen molar-refractivity contribution in [1.82, 2.24) is 24.6 Å². The number of amides is 1. The van der Waals surface area contributed by atoms with E-state index in [0.29, 0.717) is 24.0 Å². The van der Waals surface area contributed by atoms with Crippen LogP contribution in [0.3, 0.4) is 0 Å². The Balaban J connectivity index is 1.61. The van der Waals surface area contributed by atoms with Gasteiger partial charge in [0.1, 0.15) is 0 Å². The summed E-state index contributed by atoms with van der Waals surface area (Å²) in [5.41, 5.74) is 1.35. The van der Waals surface area contributed by atoms with Crippen LogP contribution in [0.1, 0.15) is 35.1 Å². The summed E-state index contributed by atoms with van der Waals surface area (Å²) in [5, 5.41) is 4.85. The van der Waals surface area contributed by atoms with Crippen molar-refractivity contribution in [3.8, 4) is 0 Å². The lowest BCUT2D eigenvalue weighted by atomic mass is 10.1. The maximum atomic E-state index is 12.8. The normalized spacial score (nSPS) is 17.8. The standard InChI is InChI=1S/C18H19N5O2/c1-12-9-19-23(10-12)13-5-4-8-22(11-13)18(25)16-20-15-7-3-2-6-14(15)17(24)21-16/h2-3,6-7,9-10,13H,4-5,8,11H2,1H3,(H,20,21,24). The van der Waals surface area contributed by atoms with E-state index in [2.05, 4.69) is 15.1 Å². The molecule has 0 bridgehead atoms. The van der Waals surface area contributed by atoms with Crippen LogP contribution in [-0.4, -0.2) is 43.6 Å². The van der Waals surface area contributed by atoms with E-state index in [9.17, 15) is 9.59 Å². The van der Waals surface area contributed by atoms with Gasteiger partial charge in [0.25, 0.3) is 11.5 Å². The highest BCUT2D eigenvalue weighted by Gasteiger charge is 2.27. The van der Waals surface area contributed by atoms with E-state index < -0.39 is 0 Å². The topological polar surface area (TPSA) is 83.9 Å². The molecule has 3 heterocycles. The molecule has 25 heavy (non-hydrogen) atoms. The molecule has 1 atom stereocenters. The summed E-state index contributed by atoms with van der Waals surface area (Å²) < 4.78 is 1.92. The van der Waals surface area contributed by atoms with Crippen LogP contribution >= 0.6 is 0 Å². The number of hydrogen-bond donors (Lipinski definition) is 1. The highest BCUT2D eigenvalue weighted by molar-refractivity contribution is 5.92. The Morgan fingerprint density at radius 3 is 2.96 bits per heavy atom. The first kappa shape index (κ1) is 15.6. The van der Waals surface area contributed by atoms with Crippen molar-refractivity contribution in [3.05, 3.63) is 58.4 Å². The van der Waals surface area contributed by atoms with E-state index in [-0.39, 0.29) is 23.3 Å². The molecule has 7 nitrogen and oxygen atoms in total. The number of nitrogens with one attached hydrogen (secondary N) is 1. The minimum absolute atomic E-state index is 0.0981. The number of H-pyrrole nitrogens is 1. The fourth-order valence-electron chi connectivity index (χ4n) is 3.33. The molecule has 0 aliphatic carbocycles. The van der Waals surface area contributed by atoms with Gasteiger partial charge in [-0.05, 0) is 37.5 Å². The van der Waals surface area contributed by atoms with Crippen molar-refractivity contribution in [2.75, 3.05) is 13.1 Å². The van der Waals surface area contributed by atoms with Crippen LogP contribution in [0.5, 0.6) is 0 Å². The van der Waals surface area contributed by atoms with Gasteiger partial charge >= 0.3 is 0 Å². The highest BCUT2D eigenvalue weighted by atomic mass is 16.2. The van der Waals surface area contributed by atoms with Gasteiger partial charge in [0, 0.05) is 19.3 Å². The van der Waals surface area contributed by atoms with Gasteiger partial charge in [-0.15, -0.1) is 0 Å². The molecular weight excluding hydrogens is 318 g/mol. The van der Waals surface area contributed by atoms with E-state index in [0.717, 1.165) is 18.4 Å². The van der Waals surface area contributed by atoms with E-state index in [1.54, 1.807) is 29.2 Å². The van der Waals surface area contributed by atoms with Crippen LogP contribution in [-0.2, 0) is 0 Å². The summed E-state index contributed by atoms with van der Waals surface area (Å²) in [4.78, 5) is 33.8. The Bertz CT molecular complexity index is 990. The second-order valence-electron chi connectivity index (χ2n) is 6.48. The van der Waals surface area contributed by atoms with Gasteiger partial charge in [0.15, 0.2) is 5.82 Å². The molecule has 1 saturated heterocycles. The molecule has 0 saturated carbocycles. The minimum atomic E-state index is -0.287. The largest absolute Gasteiger partial charge is 0.334 e. The van der Waals surface area contributed by atoms with Crippen LogP contribution in [0, 0.1) is 6.92 Å². The Morgan fingerprint density at radius 1 is 1.32 bits per heavy atom. The van der Waals surface area contributed by atoms with E-state index >= 15 is 0 Å². The number of piperidine rings is 1. The lowest BCUT2D eigenvalue weighted by Gasteiger charge is -2.32. The van der Waals surface area contributed by atoms with Crippen molar-refractivity contribution in [1.29, 1.82) is 0 Å². The van der Waals surface area contributed by atoms with Crippen LogP contribution < -0.4 is 5.56 Å². The van der Waals surface area contributed by atoms with Gasteiger partial charge in [-0.2, -0.15) is 5.10 Å². The van der Waals surface area contributed by atoms with Crippen molar-refractivity contribution in [2.24, 2.45) is 0 Å². The fourth-order valence-corrected chi connectivity index (χ4v) is 3.33. The second kappa shape index (κ2) is 6.16. The first-order valence-corrected chi connectivity index (χ1v) is 8.41. The fraction of sp³-hybridized carbons (Fsp3) is 0.333. The monoisotopic (exact) mass is 337 g/mol. The van der Waals surface area contributed by atoms with Gasteiger partial charge in [0.2, 0.25) is 0 Å². The Hall–Kier alpha value is -2.96. The number of likely N-dealkylation sites (tertiary alicyclic amines) is 1. The lowest BCUT2D eigenvalue weighted by molar-refractivity contribution is 0.0660. The van der Waals surface area contributed by atoms with E-state index in [1.165, 1.54) is 0 Å². The number of aromatic amines is 1. The quantitative estimate of drug-likeness (QED) is 0.774. The molecule has 1 aliphatic heterocycles. The van der Waals surface area contributed by atoms with Crippen LogP contribution in [0.2, 0.25) is 0 Å². The van der Waals surface area contributed by atoms with Crippen molar-refractivity contribution in [3.63, 3.8) is 0 Å². The van der Waals surface area contributed by atoms with Crippen LogP contribution in [0.4, 0.5) is 0 Å². The second-order valence-corrected chi connectivity index (χ2v) is 6.48. The van der Waals surface area contributed by atoms with Gasteiger partial charge in [-0.25, -0.2) is 4.98 Å². The summed E-state index contributed by atoms with van der Waals surface area (Å²) in [6, 6.07) is 7.18. The zero-order valence-electron chi connectivity index (χ0n) is 14.0. The van der Waals surface area contributed by atoms with E-state index in [1.807, 2.05) is 24.0 Å². The molecule has 7 heteroatoms. The maximum Gasteiger partial charge on any atom is 0.289 e. The number of carbonyl (C=O) groups is 1. The van der Waals surface area contributed by atoms with Crippen molar-refractivity contribution in [2.45, 2.75) is 25.8 Å². The smallest absolute Gasteiger partial charge is 0.289 e. The molecule has 1 amide bonds. The molecule has 0 radical (unpaired) electrons. The maximum absolute atomic E-state index is 12.8. The zero-order valence-corrected chi connectivity index (χ0v) is 14.0. The molecule has 128 valence electrons. The van der Waals surface area contributed by atoms with Crippen molar-refractivity contribution < 1.29 is 4.79 Å².